The zero-order valence-electron chi connectivity index (χ0n) is 10.8. The molecule has 0 aliphatic carbocycles. The molecular weight excluding hydrogens is 272 g/mol. The lowest BCUT2D eigenvalue weighted by Gasteiger charge is -2.03. The summed E-state index contributed by atoms with van der Waals surface area (Å²) in [5.41, 5.74) is 1.78. The average molecular weight is 282 g/mol. The molecule has 1 aliphatic rings. The Morgan fingerprint density at radius 2 is 2.14 bits per heavy atom. The SMILES string of the molecule is O=C(Nc1nc2ncccc2[nH]1)c1ccc2c(c1)OCO2. The summed E-state index contributed by atoms with van der Waals surface area (Å²) >= 11 is 0. The van der Waals surface area contributed by atoms with Crippen molar-refractivity contribution in [1.82, 2.24) is 15.0 Å². The highest BCUT2D eigenvalue weighted by Crippen LogP contribution is 2.32. The molecule has 2 N–H and O–H groups in total. The summed E-state index contributed by atoms with van der Waals surface area (Å²) in [6.45, 7) is 0.176. The van der Waals surface area contributed by atoms with Gasteiger partial charge in [0.15, 0.2) is 17.1 Å². The number of rotatable bonds is 2. The highest BCUT2D eigenvalue weighted by molar-refractivity contribution is 6.04. The summed E-state index contributed by atoms with van der Waals surface area (Å²) < 4.78 is 10.5. The Kier molecular flexibility index (Phi) is 2.50. The number of carbonyl (C=O) groups excluding carboxylic acids is 1. The second-order valence-corrected chi connectivity index (χ2v) is 4.48. The minimum Gasteiger partial charge on any atom is -0.454 e. The van der Waals surface area contributed by atoms with Gasteiger partial charge in [0, 0.05) is 11.8 Å². The molecule has 1 amide bonds. The maximum absolute atomic E-state index is 12.2. The Labute approximate surface area is 118 Å². The molecule has 0 unspecified atom stereocenters. The fourth-order valence-corrected chi connectivity index (χ4v) is 2.12. The van der Waals surface area contributed by atoms with E-state index in [2.05, 4.69) is 20.3 Å². The second-order valence-electron chi connectivity index (χ2n) is 4.48. The highest BCUT2D eigenvalue weighted by Gasteiger charge is 2.17. The molecule has 4 rings (SSSR count). The lowest BCUT2D eigenvalue weighted by molar-refractivity contribution is 0.102. The Morgan fingerprint density at radius 3 is 3.05 bits per heavy atom. The van der Waals surface area contributed by atoms with Crippen LogP contribution >= 0.6 is 0 Å². The van der Waals surface area contributed by atoms with Crippen LogP contribution in [0.1, 0.15) is 10.4 Å². The molecule has 7 nitrogen and oxygen atoms in total. The van der Waals surface area contributed by atoms with Crippen LogP contribution in [0.4, 0.5) is 5.95 Å². The van der Waals surface area contributed by atoms with Crippen molar-refractivity contribution in [3.63, 3.8) is 0 Å². The maximum atomic E-state index is 12.2. The van der Waals surface area contributed by atoms with E-state index in [0.29, 0.717) is 28.7 Å². The van der Waals surface area contributed by atoms with Crippen molar-refractivity contribution in [2.45, 2.75) is 0 Å². The fourth-order valence-electron chi connectivity index (χ4n) is 2.12. The van der Waals surface area contributed by atoms with Crippen molar-refractivity contribution < 1.29 is 14.3 Å². The number of anilines is 1. The van der Waals surface area contributed by atoms with E-state index in [9.17, 15) is 4.79 Å². The van der Waals surface area contributed by atoms with Gasteiger partial charge in [-0.1, -0.05) is 0 Å². The summed E-state index contributed by atoms with van der Waals surface area (Å²) in [7, 11) is 0. The molecule has 0 bridgehead atoms. The van der Waals surface area contributed by atoms with Crippen molar-refractivity contribution in [3.8, 4) is 11.5 Å². The van der Waals surface area contributed by atoms with Crippen LogP contribution in [0.5, 0.6) is 11.5 Å². The summed E-state index contributed by atoms with van der Waals surface area (Å²) in [6, 6.07) is 8.65. The number of ether oxygens (including phenoxy) is 2. The number of pyridine rings is 1. The van der Waals surface area contributed by atoms with Crippen molar-refractivity contribution >= 4 is 23.0 Å². The zero-order chi connectivity index (χ0) is 14.2. The minimum atomic E-state index is -0.285. The van der Waals surface area contributed by atoms with E-state index in [1.165, 1.54) is 0 Å². The minimum absolute atomic E-state index is 0.176. The standard InChI is InChI=1S/C14H10N4O3/c19-13(8-3-4-10-11(6-8)21-7-20-10)18-14-16-9-2-1-5-15-12(9)17-14/h1-6H,7H2,(H2,15,16,17,18,19). The van der Waals surface area contributed by atoms with Gasteiger partial charge in [0.25, 0.3) is 5.91 Å². The Bertz CT molecular complexity index is 810. The third-order valence-electron chi connectivity index (χ3n) is 3.12. The van der Waals surface area contributed by atoms with Gasteiger partial charge in [-0.2, -0.15) is 4.98 Å². The lowest BCUT2D eigenvalue weighted by Crippen LogP contribution is -2.12. The molecule has 1 aliphatic heterocycles. The predicted molar refractivity (Wildman–Crippen MR) is 74.4 cm³/mol. The Hall–Kier alpha value is -3.09. The van der Waals surface area contributed by atoms with Crippen LogP contribution in [-0.2, 0) is 0 Å². The molecule has 7 heteroatoms. The van der Waals surface area contributed by atoms with Gasteiger partial charge in [-0.15, -0.1) is 0 Å². The third kappa shape index (κ3) is 2.04. The monoisotopic (exact) mass is 282 g/mol. The summed E-state index contributed by atoms with van der Waals surface area (Å²) in [4.78, 5) is 23.5. The van der Waals surface area contributed by atoms with Gasteiger partial charge in [0.1, 0.15) is 0 Å². The van der Waals surface area contributed by atoms with E-state index in [4.69, 9.17) is 9.47 Å². The first-order valence-electron chi connectivity index (χ1n) is 6.31. The molecule has 0 saturated heterocycles. The van der Waals surface area contributed by atoms with Crippen molar-refractivity contribution in [2.24, 2.45) is 0 Å². The van der Waals surface area contributed by atoms with Gasteiger partial charge >= 0.3 is 0 Å². The molecule has 0 radical (unpaired) electrons. The number of H-pyrrole nitrogens is 1. The Balaban J connectivity index is 1.60. The number of aromatic nitrogens is 3. The second kappa shape index (κ2) is 4.48. The van der Waals surface area contributed by atoms with Gasteiger partial charge < -0.3 is 14.5 Å². The lowest BCUT2D eigenvalue weighted by atomic mass is 10.2. The number of amides is 1. The van der Waals surface area contributed by atoms with Crippen LogP contribution in [0.2, 0.25) is 0 Å². The quantitative estimate of drug-likeness (QED) is 0.749. The third-order valence-corrected chi connectivity index (χ3v) is 3.12. The predicted octanol–water partition coefficient (Wildman–Crippen LogP) is 1.94. The molecule has 0 fully saturated rings. The molecule has 2 aromatic heterocycles. The number of nitrogens with zero attached hydrogens (tertiary/aromatic N) is 2. The average Bonchev–Trinajstić information content (AvgIpc) is 3.11. The first-order chi connectivity index (χ1) is 10.3. The number of carbonyl (C=O) groups is 1. The molecule has 21 heavy (non-hydrogen) atoms. The van der Waals surface area contributed by atoms with Crippen molar-refractivity contribution in [3.05, 3.63) is 42.1 Å². The van der Waals surface area contributed by atoms with Crippen LogP contribution in [0, 0.1) is 0 Å². The van der Waals surface area contributed by atoms with Gasteiger partial charge in [0.2, 0.25) is 12.7 Å². The molecular formula is C14H10N4O3. The van der Waals surface area contributed by atoms with E-state index in [1.54, 1.807) is 30.5 Å². The number of fused-ring (bicyclic) bond motifs is 2. The van der Waals surface area contributed by atoms with Gasteiger partial charge in [0.05, 0.1) is 5.52 Å². The number of imidazole rings is 1. The molecule has 0 spiro atoms. The highest BCUT2D eigenvalue weighted by atomic mass is 16.7. The van der Waals surface area contributed by atoms with Crippen LogP contribution in [0.25, 0.3) is 11.2 Å². The number of hydrogen-bond acceptors (Lipinski definition) is 5. The zero-order valence-corrected chi connectivity index (χ0v) is 10.8. The number of hydrogen-bond donors (Lipinski definition) is 2. The molecule has 1 aromatic carbocycles. The van der Waals surface area contributed by atoms with Crippen LogP contribution < -0.4 is 14.8 Å². The van der Waals surface area contributed by atoms with Gasteiger partial charge in [-0.05, 0) is 30.3 Å². The van der Waals surface area contributed by atoms with Gasteiger partial charge in [-0.25, -0.2) is 4.98 Å². The smallest absolute Gasteiger partial charge is 0.258 e. The van der Waals surface area contributed by atoms with Gasteiger partial charge in [-0.3, -0.25) is 10.1 Å². The van der Waals surface area contributed by atoms with Crippen LogP contribution in [0.3, 0.4) is 0 Å². The first-order valence-corrected chi connectivity index (χ1v) is 6.31. The largest absolute Gasteiger partial charge is 0.454 e. The molecule has 0 saturated carbocycles. The molecule has 3 aromatic rings. The molecule has 104 valence electrons. The summed E-state index contributed by atoms with van der Waals surface area (Å²) in [6.07, 6.45) is 1.65. The van der Waals surface area contributed by atoms with Crippen molar-refractivity contribution in [1.29, 1.82) is 0 Å². The number of benzene rings is 1. The summed E-state index contributed by atoms with van der Waals surface area (Å²) in [5, 5.41) is 2.70. The number of aromatic amines is 1. The van der Waals surface area contributed by atoms with E-state index >= 15 is 0 Å². The number of nitrogens with one attached hydrogen (secondary N) is 2. The summed E-state index contributed by atoms with van der Waals surface area (Å²) in [5.74, 6) is 1.27. The molecule has 0 atom stereocenters. The molecule has 3 heterocycles. The van der Waals surface area contributed by atoms with Crippen LogP contribution in [-0.4, -0.2) is 27.7 Å². The van der Waals surface area contributed by atoms with E-state index < -0.39 is 0 Å². The van der Waals surface area contributed by atoms with E-state index in [-0.39, 0.29) is 12.7 Å². The Morgan fingerprint density at radius 1 is 1.24 bits per heavy atom. The van der Waals surface area contributed by atoms with Crippen molar-refractivity contribution in [2.75, 3.05) is 12.1 Å². The van der Waals surface area contributed by atoms with E-state index in [1.807, 2.05) is 6.07 Å². The maximum Gasteiger partial charge on any atom is 0.258 e. The first kappa shape index (κ1) is 11.7. The normalized spacial score (nSPS) is 12.6. The topological polar surface area (TPSA) is 89.1 Å². The van der Waals surface area contributed by atoms with Crippen LogP contribution in [0.15, 0.2) is 36.5 Å². The fraction of sp³-hybridized carbons (Fsp3) is 0.0714. The van der Waals surface area contributed by atoms with E-state index in [0.717, 1.165) is 5.52 Å².